The first-order chi connectivity index (χ1) is 11.1. The molecule has 3 aromatic rings. The Morgan fingerprint density at radius 3 is 2.74 bits per heavy atom. The Balaban J connectivity index is 1.67. The molecule has 0 radical (unpaired) electrons. The van der Waals surface area contributed by atoms with E-state index in [1.165, 1.54) is 0 Å². The number of carbonyl (C=O) groups excluding carboxylic acids is 1. The largest absolute Gasteiger partial charge is 0.321 e. The zero-order valence-corrected chi connectivity index (χ0v) is 14.1. The van der Waals surface area contributed by atoms with Crippen LogP contribution < -0.4 is 5.43 Å². The summed E-state index contributed by atoms with van der Waals surface area (Å²) in [4.78, 5) is 16.3. The Kier molecular flexibility index (Phi) is 4.52. The highest BCUT2D eigenvalue weighted by molar-refractivity contribution is 9.10. The van der Waals surface area contributed by atoms with Crippen LogP contribution in [0.25, 0.3) is 11.0 Å². The summed E-state index contributed by atoms with van der Waals surface area (Å²) >= 11 is 3.39. The summed E-state index contributed by atoms with van der Waals surface area (Å²) in [5.74, 6) is -0.190. The van der Waals surface area contributed by atoms with Crippen LogP contribution in [0.2, 0.25) is 0 Å². The van der Waals surface area contributed by atoms with Crippen LogP contribution >= 0.6 is 15.9 Å². The highest BCUT2D eigenvalue weighted by Crippen LogP contribution is 2.12. The molecule has 1 heterocycles. The summed E-state index contributed by atoms with van der Waals surface area (Å²) < 4.78 is 2.81. The Hall–Kier alpha value is -2.47. The number of nitrogens with zero attached hydrogens (tertiary/aromatic N) is 3. The van der Waals surface area contributed by atoms with Gasteiger partial charge in [0.05, 0.1) is 23.1 Å². The predicted octanol–water partition coefficient (Wildman–Crippen LogP) is 3.34. The Morgan fingerprint density at radius 1 is 1.22 bits per heavy atom. The molecule has 0 aliphatic carbocycles. The minimum atomic E-state index is -0.190. The fraction of sp³-hybridized carbons (Fsp3) is 0.118. The molecule has 1 N–H and O–H groups in total. The molecule has 116 valence electrons. The SMILES string of the molecule is CC(=NNC(=O)Cn1cnc2ccccc21)c1ccc(Br)cc1. The van der Waals surface area contributed by atoms with E-state index < -0.39 is 0 Å². The Bertz CT molecular complexity index is 868. The maximum Gasteiger partial charge on any atom is 0.260 e. The third-order valence-electron chi connectivity index (χ3n) is 3.45. The van der Waals surface area contributed by atoms with Crippen LogP contribution in [0.1, 0.15) is 12.5 Å². The van der Waals surface area contributed by atoms with Gasteiger partial charge in [-0.2, -0.15) is 5.10 Å². The van der Waals surface area contributed by atoms with Gasteiger partial charge in [-0.15, -0.1) is 0 Å². The fourth-order valence-electron chi connectivity index (χ4n) is 2.23. The number of rotatable bonds is 4. The third-order valence-corrected chi connectivity index (χ3v) is 3.98. The second kappa shape index (κ2) is 6.75. The van der Waals surface area contributed by atoms with E-state index >= 15 is 0 Å². The van der Waals surface area contributed by atoms with Gasteiger partial charge in [-0.1, -0.05) is 40.2 Å². The van der Waals surface area contributed by atoms with Crippen molar-refractivity contribution in [3.05, 3.63) is 64.9 Å². The topological polar surface area (TPSA) is 59.3 Å². The first kappa shape index (κ1) is 15.4. The van der Waals surface area contributed by atoms with Crippen molar-refractivity contribution in [2.45, 2.75) is 13.5 Å². The monoisotopic (exact) mass is 370 g/mol. The molecule has 0 saturated carbocycles. The summed E-state index contributed by atoms with van der Waals surface area (Å²) in [6.45, 7) is 2.04. The second-order valence-corrected chi connectivity index (χ2v) is 6.02. The molecule has 1 amide bonds. The lowest BCUT2D eigenvalue weighted by Crippen LogP contribution is -2.24. The van der Waals surface area contributed by atoms with E-state index in [4.69, 9.17) is 0 Å². The maximum absolute atomic E-state index is 12.1. The predicted molar refractivity (Wildman–Crippen MR) is 94.2 cm³/mol. The van der Waals surface area contributed by atoms with Crippen LogP contribution in [0.3, 0.4) is 0 Å². The van der Waals surface area contributed by atoms with E-state index in [9.17, 15) is 4.79 Å². The van der Waals surface area contributed by atoms with Crippen molar-refractivity contribution in [2.75, 3.05) is 0 Å². The van der Waals surface area contributed by atoms with Gasteiger partial charge in [0.15, 0.2) is 0 Å². The molecule has 0 fully saturated rings. The number of benzene rings is 2. The lowest BCUT2D eigenvalue weighted by atomic mass is 10.1. The second-order valence-electron chi connectivity index (χ2n) is 5.10. The minimum absolute atomic E-state index is 0.178. The molecule has 23 heavy (non-hydrogen) atoms. The van der Waals surface area contributed by atoms with Crippen molar-refractivity contribution in [2.24, 2.45) is 5.10 Å². The van der Waals surface area contributed by atoms with Gasteiger partial charge >= 0.3 is 0 Å². The summed E-state index contributed by atoms with van der Waals surface area (Å²) in [7, 11) is 0. The van der Waals surface area contributed by atoms with E-state index in [0.717, 1.165) is 26.8 Å². The summed E-state index contributed by atoms with van der Waals surface area (Å²) in [5, 5.41) is 4.15. The molecular formula is C17H15BrN4O. The summed E-state index contributed by atoms with van der Waals surface area (Å²) in [5.41, 5.74) is 6.10. The lowest BCUT2D eigenvalue weighted by molar-refractivity contribution is -0.121. The number of imidazole rings is 1. The molecule has 0 bridgehead atoms. The Labute approximate surface area is 142 Å². The molecule has 0 unspecified atom stereocenters. The van der Waals surface area contributed by atoms with Gasteiger partial charge in [-0.25, -0.2) is 10.4 Å². The Morgan fingerprint density at radius 2 is 1.96 bits per heavy atom. The molecule has 0 saturated heterocycles. The van der Waals surface area contributed by atoms with Crippen LogP contribution in [-0.4, -0.2) is 21.2 Å². The fourth-order valence-corrected chi connectivity index (χ4v) is 2.49. The van der Waals surface area contributed by atoms with E-state index in [0.29, 0.717) is 0 Å². The molecule has 0 spiro atoms. The third kappa shape index (κ3) is 3.65. The summed E-state index contributed by atoms with van der Waals surface area (Å²) in [6.07, 6.45) is 1.66. The molecular weight excluding hydrogens is 356 g/mol. The first-order valence-corrected chi connectivity index (χ1v) is 7.92. The van der Waals surface area contributed by atoms with E-state index in [1.807, 2.05) is 55.5 Å². The van der Waals surface area contributed by atoms with E-state index in [2.05, 4.69) is 31.4 Å². The van der Waals surface area contributed by atoms with Crippen LogP contribution in [0, 0.1) is 0 Å². The normalized spacial score (nSPS) is 11.7. The number of amides is 1. The molecule has 5 nitrogen and oxygen atoms in total. The molecule has 0 aliphatic rings. The van der Waals surface area contributed by atoms with Crippen LogP contribution in [0.4, 0.5) is 0 Å². The van der Waals surface area contributed by atoms with Gasteiger partial charge in [0, 0.05) is 4.47 Å². The van der Waals surface area contributed by atoms with Gasteiger partial charge in [0.2, 0.25) is 0 Å². The van der Waals surface area contributed by atoms with Gasteiger partial charge in [0.25, 0.3) is 5.91 Å². The highest BCUT2D eigenvalue weighted by Gasteiger charge is 2.06. The number of hydrogen-bond acceptors (Lipinski definition) is 3. The average molecular weight is 371 g/mol. The lowest BCUT2D eigenvalue weighted by Gasteiger charge is -2.05. The number of para-hydroxylation sites is 2. The number of carbonyl (C=O) groups is 1. The number of halogens is 1. The van der Waals surface area contributed by atoms with E-state index in [1.54, 1.807) is 10.9 Å². The van der Waals surface area contributed by atoms with Crippen molar-refractivity contribution < 1.29 is 4.79 Å². The number of hydrogen-bond donors (Lipinski definition) is 1. The van der Waals surface area contributed by atoms with Crippen molar-refractivity contribution >= 4 is 38.6 Å². The van der Waals surface area contributed by atoms with Crippen LogP contribution in [-0.2, 0) is 11.3 Å². The van der Waals surface area contributed by atoms with Gasteiger partial charge in [-0.3, -0.25) is 4.79 Å². The van der Waals surface area contributed by atoms with Gasteiger partial charge in [-0.05, 0) is 36.8 Å². The maximum atomic E-state index is 12.1. The van der Waals surface area contributed by atoms with Crippen molar-refractivity contribution in [1.29, 1.82) is 0 Å². The average Bonchev–Trinajstić information content (AvgIpc) is 2.96. The van der Waals surface area contributed by atoms with E-state index in [-0.39, 0.29) is 12.5 Å². The highest BCUT2D eigenvalue weighted by atomic mass is 79.9. The number of fused-ring (bicyclic) bond motifs is 1. The number of hydrazone groups is 1. The van der Waals surface area contributed by atoms with Crippen molar-refractivity contribution in [3.8, 4) is 0 Å². The molecule has 1 aromatic heterocycles. The number of nitrogens with one attached hydrogen (secondary N) is 1. The number of aromatic nitrogens is 2. The molecule has 3 rings (SSSR count). The quantitative estimate of drug-likeness (QED) is 0.565. The first-order valence-electron chi connectivity index (χ1n) is 7.12. The zero-order chi connectivity index (χ0) is 16.2. The smallest absolute Gasteiger partial charge is 0.260 e. The standard InChI is InChI=1S/C17H15BrN4O/c1-12(13-6-8-14(18)9-7-13)20-21-17(23)10-22-11-19-15-4-2-3-5-16(15)22/h2-9,11H,10H2,1H3,(H,21,23). The molecule has 2 aromatic carbocycles. The summed E-state index contributed by atoms with van der Waals surface area (Å²) in [6, 6.07) is 15.5. The van der Waals surface area contributed by atoms with Crippen molar-refractivity contribution in [1.82, 2.24) is 15.0 Å². The van der Waals surface area contributed by atoms with Crippen molar-refractivity contribution in [3.63, 3.8) is 0 Å². The van der Waals surface area contributed by atoms with Gasteiger partial charge < -0.3 is 4.57 Å². The van der Waals surface area contributed by atoms with Crippen LogP contribution in [0.5, 0.6) is 0 Å². The van der Waals surface area contributed by atoms with Gasteiger partial charge in [0.1, 0.15) is 6.54 Å². The molecule has 0 aliphatic heterocycles. The zero-order valence-electron chi connectivity index (χ0n) is 12.5. The minimum Gasteiger partial charge on any atom is -0.321 e. The molecule has 6 heteroatoms. The van der Waals surface area contributed by atoms with Crippen LogP contribution in [0.15, 0.2) is 64.4 Å². The molecule has 0 atom stereocenters.